The van der Waals surface area contributed by atoms with Gasteiger partial charge in [0.25, 0.3) is 5.91 Å². The van der Waals surface area contributed by atoms with Crippen LogP contribution in [0.2, 0.25) is 0 Å². The van der Waals surface area contributed by atoms with E-state index in [-0.39, 0.29) is 12.3 Å². The number of ether oxygens (including phenoxy) is 2. The summed E-state index contributed by atoms with van der Waals surface area (Å²) in [7, 11) is 0. The Kier molecular flexibility index (Phi) is 9.91. The molecule has 0 saturated heterocycles. The van der Waals surface area contributed by atoms with E-state index in [1.54, 1.807) is 30.3 Å². The van der Waals surface area contributed by atoms with Crippen molar-refractivity contribution in [1.29, 1.82) is 0 Å². The number of rotatable bonds is 12. The van der Waals surface area contributed by atoms with Crippen LogP contribution in [0, 0.1) is 0 Å². The summed E-state index contributed by atoms with van der Waals surface area (Å²) in [5, 5.41) is 21.5. The lowest BCUT2D eigenvalue weighted by atomic mass is 10.1. The molecule has 2 rings (SSSR count). The fourth-order valence-electron chi connectivity index (χ4n) is 2.83. The second-order valence-corrected chi connectivity index (χ2v) is 6.93. The van der Waals surface area contributed by atoms with Gasteiger partial charge in [-0.2, -0.15) is 0 Å². The van der Waals surface area contributed by atoms with E-state index < -0.39 is 6.29 Å². The Bertz CT molecular complexity index is 818. The van der Waals surface area contributed by atoms with Crippen molar-refractivity contribution in [3.63, 3.8) is 0 Å². The fourth-order valence-corrected chi connectivity index (χ4v) is 2.83. The SMILES string of the molecule is C/C=C(\CCOc1cc(CC(O)O)cc(OCCCC)c1)NC(=O)c1ccccc1. The zero-order chi connectivity index (χ0) is 21.8. The molecule has 3 N–H and O–H groups in total. The predicted octanol–water partition coefficient (Wildman–Crippen LogP) is 3.82. The predicted molar refractivity (Wildman–Crippen MR) is 117 cm³/mol. The van der Waals surface area contributed by atoms with E-state index in [1.165, 1.54) is 0 Å². The van der Waals surface area contributed by atoms with Gasteiger partial charge in [0.2, 0.25) is 0 Å². The molecule has 0 saturated carbocycles. The summed E-state index contributed by atoms with van der Waals surface area (Å²) in [6.07, 6.45) is 2.99. The van der Waals surface area contributed by atoms with Crippen LogP contribution < -0.4 is 14.8 Å². The van der Waals surface area contributed by atoms with Crippen LogP contribution in [0.1, 0.15) is 49.0 Å². The van der Waals surface area contributed by atoms with Gasteiger partial charge in [0.15, 0.2) is 6.29 Å². The first-order chi connectivity index (χ1) is 14.5. The first kappa shape index (κ1) is 23.4. The van der Waals surface area contributed by atoms with Crippen molar-refractivity contribution < 1.29 is 24.5 Å². The van der Waals surface area contributed by atoms with E-state index in [2.05, 4.69) is 12.2 Å². The smallest absolute Gasteiger partial charge is 0.255 e. The van der Waals surface area contributed by atoms with E-state index in [4.69, 9.17) is 9.47 Å². The molecule has 0 bridgehead atoms. The molecule has 0 fully saturated rings. The van der Waals surface area contributed by atoms with Crippen molar-refractivity contribution in [2.45, 2.75) is 45.8 Å². The molecule has 0 atom stereocenters. The van der Waals surface area contributed by atoms with Crippen LogP contribution in [0.15, 0.2) is 60.3 Å². The highest BCUT2D eigenvalue weighted by molar-refractivity contribution is 5.95. The zero-order valence-electron chi connectivity index (χ0n) is 17.6. The van der Waals surface area contributed by atoms with Gasteiger partial charge in [0.1, 0.15) is 11.5 Å². The van der Waals surface area contributed by atoms with E-state index in [9.17, 15) is 15.0 Å². The largest absolute Gasteiger partial charge is 0.493 e. The molecule has 0 heterocycles. The van der Waals surface area contributed by atoms with Gasteiger partial charge in [-0.15, -0.1) is 0 Å². The lowest BCUT2D eigenvalue weighted by Gasteiger charge is -2.14. The number of nitrogens with one attached hydrogen (secondary N) is 1. The summed E-state index contributed by atoms with van der Waals surface area (Å²) in [5.74, 6) is 1.07. The molecule has 6 heteroatoms. The molecule has 2 aromatic rings. The molecule has 30 heavy (non-hydrogen) atoms. The van der Waals surface area contributed by atoms with Crippen LogP contribution in [0.5, 0.6) is 11.5 Å². The molecule has 0 aliphatic carbocycles. The molecule has 0 aliphatic rings. The van der Waals surface area contributed by atoms with E-state index in [1.807, 2.05) is 31.2 Å². The molecule has 0 aromatic heterocycles. The zero-order valence-corrected chi connectivity index (χ0v) is 17.6. The molecule has 1 amide bonds. The Balaban J connectivity index is 1.95. The molecule has 2 aromatic carbocycles. The van der Waals surface area contributed by atoms with Gasteiger partial charge >= 0.3 is 0 Å². The third-order valence-electron chi connectivity index (χ3n) is 4.42. The van der Waals surface area contributed by atoms with Crippen LogP contribution in [0.4, 0.5) is 0 Å². The first-order valence-corrected chi connectivity index (χ1v) is 10.3. The third kappa shape index (κ3) is 8.27. The van der Waals surface area contributed by atoms with Gasteiger partial charge in [-0.3, -0.25) is 4.79 Å². The van der Waals surface area contributed by atoms with E-state index in [0.717, 1.165) is 24.1 Å². The minimum Gasteiger partial charge on any atom is -0.493 e. The number of amides is 1. The average Bonchev–Trinajstić information content (AvgIpc) is 2.73. The van der Waals surface area contributed by atoms with Crippen LogP contribution in [0.3, 0.4) is 0 Å². The molecule has 0 radical (unpaired) electrons. The van der Waals surface area contributed by atoms with Crippen molar-refractivity contribution in [3.8, 4) is 11.5 Å². The maximum absolute atomic E-state index is 12.3. The van der Waals surface area contributed by atoms with Gasteiger partial charge in [-0.05, 0) is 43.2 Å². The number of carbonyl (C=O) groups is 1. The first-order valence-electron chi connectivity index (χ1n) is 10.3. The van der Waals surface area contributed by atoms with Crippen molar-refractivity contribution in [2.24, 2.45) is 0 Å². The monoisotopic (exact) mass is 413 g/mol. The summed E-state index contributed by atoms with van der Waals surface area (Å²) in [6.45, 7) is 4.90. The van der Waals surface area contributed by atoms with Gasteiger partial charge in [0.05, 0.1) is 13.2 Å². The number of aliphatic hydroxyl groups is 2. The van der Waals surface area contributed by atoms with Crippen molar-refractivity contribution in [2.75, 3.05) is 13.2 Å². The Morgan fingerprint density at radius 3 is 2.33 bits per heavy atom. The summed E-state index contributed by atoms with van der Waals surface area (Å²) in [5.41, 5.74) is 2.09. The number of hydrogen-bond donors (Lipinski definition) is 3. The van der Waals surface area contributed by atoms with Crippen LogP contribution in [-0.4, -0.2) is 35.6 Å². The van der Waals surface area contributed by atoms with E-state index >= 15 is 0 Å². The number of aliphatic hydroxyl groups excluding tert-OH is 1. The number of benzene rings is 2. The molecular weight excluding hydrogens is 382 g/mol. The lowest BCUT2D eigenvalue weighted by molar-refractivity contribution is -0.0381. The quantitative estimate of drug-likeness (QED) is 0.364. The molecule has 6 nitrogen and oxygen atoms in total. The summed E-state index contributed by atoms with van der Waals surface area (Å²) < 4.78 is 11.6. The summed E-state index contributed by atoms with van der Waals surface area (Å²) in [6, 6.07) is 14.4. The van der Waals surface area contributed by atoms with E-state index in [0.29, 0.717) is 36.7 Å². The molecule has 0 aliphatic heterocycles. The molecule has 0 spiro atoms. The maximum atomic E-state index is 12.3. The minimum absolute atomic E-state index is 0.0918. The van der Waals surface area contributed by atoms with Crippen molar-refractivity contribution in [1.82, 2.24) is 5.32 Å². The highest BCUT2D eigenvalue weighted by atomic mass is 16.5. The second-order valence-electron chi connectivity index (χ2n) is 6.93. The fraction of sp³-hybridized carbons (Fsp3) is 0.375. The van der Waals surface area contributed by atoms with Crippen LogP contribution in [0.25, 0.3) is 0 Å². The molecular formula is C24H31NO5. The molecule has 162 valence electrons. The second kappa shape index (κ2) is 12.7. The number of hydrogen-bond acceptors (Lipinski definition) is 5. The highest BCUT2D eigenvalue weighted by Crippen LogP contribution is 2.24. The Labute approximate surface area is 178 Å². The third-order valence-corrected chi connectivity index (χ3v) is 4.42. The normalized spacial score (nSPS) is 11.4. The van der Waals surface area contributed by atoms with Gasteiger partial charge in [-0.1, -0.05) is 37.6 Å². The van der Waals surface area contributed by atoms with Crippen molar-refractivity contribution >= 4 is 5.91 Å². The highest BCUT2D eigenvalue weighted by Gasteiger charge is 2.09. The number of allylic oxidation sites excluding steroid dienone is 1. The van der Waals surface area contributed by atoms with Gasteiger partial charge < -0.3 is 25.0 Å². The minimum atomic E-state index is -1.44. The van der Waals surface area contributed by atoms with Crippen LogP contribution in [-0.2, 0) is 6.42 Å². The number of carbonyl (C=O) groups excluding carboxylic acids is 1. The van der Waals surface area contributed by atoms with Gasteiger partial charge in [0, 0.05) is 30.2 Å². The van der Waals surface area contributed by atoms with Crippen LogP contribution >= 0.6 is 0 Å². The number of unbranched alkanes of at least 4 members (excludes halogenated alkanes) is 1. The van der Waals surface area contributed by atoms with Crippen molar-refractivity contribution in [3.05, 3.63) is 71.4 Å². The standard InChI is InChI=1S/C24H31NO5/c1-3-5-12-29-21-14-18(16-23(26)27)15-22(17-21)30-13-11-20(4-2)25-24(28)19-9-7-6-8-10-19/h4,6-10,14-15,17,23,26-27H,3,5,11-13,16H2,1-2H3,(H,25,28)/b20-4+. The average molecular weight is 414 g/mol. The Morgan fingerprint density at radius 2 is 1.73 bits per heavy atom. The summed E-state index contributed by atoms with van der Waals surface area (Å²) >= 11 is 0. The Hall–Kier alpha value is -2.83. The Morgan fingerprint density at radius 1 is 1.07 bits per heavy atom. The van der Waals surface area contributed by atoms with Gasteiger partial charge in [-0.25, -0.2) is 0 Å². The maximum Gasteiger partial charge on any atom is 0.255 e. The lowest BCUT2D eigenvalue weighted by Crippen LogP contribution is -2.23. The topological polar surface area (TPSA) is 88.0 Å². The molecule has 0 unspecified atom stereocenters. The summed E-state index contributed by atoms with van der Waals surface area (Å²) in [4.78, 5) is 12.3.